The average molecular weight is 221 g/mol. The number of nitrogens with one attached hydrogen (secondary N) is 1. The van der Waals surface area contributed by atoms with Gasteiger partial charge in [-0.05, 0) is 5.56 Å². The first kappa shape index (κ1) is 11.9. The Morgan fingerprint density at radius 2 is 2.13 bits per heavy atom. The second kappa shape index (κ2) is 7.12. The van der Waals surface area contributed by atoms with Crippen molar-refractivity contribution in [1.82, 2.24) is 5.32 Å². The van der Waals surface area contributed by atoms with Crippen LogP contribution in [0.2, 0.25) is 0 Å². The molecule has 3 heteroatoms. The lowest BCUT2D eigenvalue weighted by Crippen LogP contribution is -2.24. The molecular weight excluding hydrogens is 206 g/mol. The van der Waals surface area contributed by atoms with Gasteiger partial charge in [0.2, 0.25) is 5.91 Å². The molecule has 1 aromatic carbocycles. The van der Waals surface area contributed by atoms with E-state index in [0.29, 0.717) is 12.3 Å². The lowest BCUT2D eigenvalue weighted by molar-refractivity contribution is -0.118. The maximum absolute atomic E-state index is 11.3. The SMILES string of the molecule is C=CCSCC(=O)NCc1ccccc1. The summed E-state index contributed by atoms with van der Waals surface area (Å²) in [5.74, 6) is 1.39. The highest BCUT2D eigenvalue weighted by Crippen LogP contribution is 2.00. The maximum Gasteiger partial charge on any atom is 0.230 e. The second-order valence-electron chi connectivity index (χ2n) is 3.07. The van der Waals surface area contributed by atoms with Crippen LogP contribution in [0, 0.1) is 0 Å². The highest BCUT2D eigenvalue weighted by Gasteiger charge is 1.99. The van der Waals surface area contributed by atoms with Gasteiger partial charge in [0.15, 0.2) is 0 Å². The minimum absolute atomic E-state index is 0.0747. The first-order valence-corrected chi connectivity index (χ1v) is 5.97. The fourth-order valence-electron chi connectivity index (χ4n) is 1.08. The first-order chi connectivity index (χ1) is 7.33. The van der Waals surface area contributed by atoms with Gasteiger partial charge in [-0.2, -0.15) is 0 Å². The summed E-state index contributed by atoms with van der Waals surface area (Å²) in [6.07, 6.45) is 1.80. The van der Waals surface area contributed by atoms with Crippen molar-refractivity contribution in [2.24, 2.45) is 0 Å². The van der Waals surface area contributed by atoms with Crippen molar-refractivity contribution in [3.63, 3.8) is 0 Å². The van der Waals surface area contributed by atoms with Crippen molar-refractivity contribution < 1.29 is 4.79 Å². The van der Waals surface area contributed by atoms with Crippen molar-refractivity contribution in [2.45, 2.75) is 6.54 Å². The second-order valence-corrected chi connectivity index (χ2v) is 4.10. The zero-order valence-corrected chi connectivity index (χ0v) is 9.43. The van der Waals surface area contributed by atoms with Crippen molar-refractivity contribution in [2.75, 3.05) is 11.5 Å². The Labute approximate surface area is 94.8 Å². The average Bonchev–Trinajstić information content (AvgIpc) is 2.28. The normalized spacial score (nSPS) is 9.60. The van der Waals surface area contributed by atoms with E-state index in [1.165, 1.54) is 0 Å². The van der Waals surface area contributed by atoms with Crippen molar-refractivity contribution in [3.05, 3.63) is 48.6 Å². The van der Waals surface area contributed by atoms with Crippen LogP contribution < -0.4 is 5.32 Å². The minimum atomic E-state index is 0.0747. The predicted molar refractivity (Wildman–Crippen MR) is 65.8 cm³/mol. The van der Waals surface area contributed by atoms with Crippen LogP contribution in [-0.4, -0.2) is 17.4 Å². The molecular formula is C12H15NOS. The molecule has 2 nitrogen and oxygen atoms in total. The largest absolute Gasteiger partial charge is 0.351 e. The van der Waals surface area contributed by atoms with E-state index in [9.17, 15) is 4.79 Å². The predicted octanol–water partition coefficient (Wildman–Crippen LogP) is 2.22. The zero-order valence-electron chi connectivity index (χ0n) is 8.61. The fourth-order valence-corrected chi connectivity index (χ4v) is 1.65. The quantitative estimate of drug-likeness (QED) is 0.589. The molecule has 0 spiro atoms. The lowest BCUT2D eigenvalue weighted by atomic mass is 10.2. The monoisotopic (exact) mass is 221 g/mol. The van der Waals surface area contributed by atoms with Crippen LogP contribution in [0.4, 0.5) is 0 Å². The van der Waals surface area contributed by atoms with E-state index in [0.717, 1.165) is 11.3 Å². The van der Waals surface area contributed by atoms with Gasteiger partial charge in [0.1, 0.15) is 0 Å². The summed E-state index contributed by atoms with van der Waals surface area (Å²) in [6, 6.07) is 9.89. The number of thioether (sulfide) groups is 1. The molecule has 0 aliphatic carbocycles. The van der Waals surface area contributed by atoms with E-state index in [4.69, 9.17) is 0 Å². The minimum Gasteiger partial charge on any atom is -0.351 e. The molecule has 1 rings (SSSR count). The third-order valence-electron chi connectivity index (χ3n) is 1.80. The molecule has 1 amide bonds. The third-order valence-corrected chi connectivity index (χ3v) is 2.74. The van der Waals surface area contributed by atoms with Gasteiger partial charge in [0, 0.05) is 12.3 Å². The fraction of sp³-hybridized carbons (Fsp3) is 0.250. The topological polar surface area (TPSA) is 29.1 Å². The summed E-state index contributed by atoms with van der Waals surface area (Å²) < 4.78 is 0. The molecule has 0 unspecified atom stereocenters. The van der Waals surface area contributed by atoms with Gasteiger partial charge in [-0.25, -0.2) is 0 Å². The van der Waals surface area contributed by atoms with Crippen LogP contribution >= 0.6 is 11.8 Å². The smallest absolute Gasteiger partial charge is 0.230 e. The molecule has 0 aliphatic heterocycles. The molecule has 0 aliphatic rings. The molecule has 0 saturated carbocycles. The van der Waals surface area contributed by atoms with Crippen LogP contribution in [0.3, 0.4) is 0 Å². The molecule has 0 bridgehead atoms. The molecule has 80 valence electrons. The Balaban J connectivity index is 2.20. The van der Waals surface area contributed by atoms with E-state index in [1.807, 2.05) is 30.3 Å². The summed E-state index contributed by atoms with van der Waals surface area (Å²) in [7, 11) is 0. The molecule has 0 radical (unpaired) electrons. The standard InChI is InChI=1S/C12H15NOS/c1-2-8-15-10-12(14)13-9-11-6-4-3-5-7-11/h2-7H,1,8-10H2,(H,13,14). The molecule has 0 atom stereocenters. The molecule has 1 N–H and O–H groups in total. The molecule has 0 saturated heterocycles. The Bertz CT molecular complexity index is 311. The maximum atomic E-state index is 11.3. The number of hydrogen-bond donors (Lipinski definition) is 1. The number of carbonyl (C=O) groups is 1. The molecule has 15 heavy (non-hydrogen) atoms. The molecule has 0 aromatic heterocycles. The van der Waals surface area contributed by atoms with Crippen LogP contribution in [0.1, 0.15) is 5.56 Å². The van der Waals surface area contributed by atoms with Crippen LogP contribution in [-0.2, 0) is 11.3 Å². The number of rotatable bonds is 6. The Morgan fingerprint density at radius 1 is 1.40 bits per heavy atom. The summed E-state index contributed by atoms with van der Waals surface area (Å²) in [6.45, 7) is 4.20. The van der Waals surface area contributed by atoms with Gasteiger partial charge in [0.25, 0.3) is 0 Å². The van der Waals surface area contributed by atoms with Gasteiger partial charge in [-0.15, -0.1) is 18.3 Å². The number of hydrogen-bond acceptors (Lipinski definition) is 2. The van der Waals surface area contributed by atoms with Crippen molar-refractivity contribution in [1.29, 1.82) is 0 Å². The summed E-state index contributed by atoms with van der Waals surface area (Å²) >= 11 is 1.57. The van der Waals surface area contributed by atoms with Gasteiger partial charge >= 0.3 is 0 Å². The number of amides is 1. The Kier molecular flexibility index (Phi) is 5.63. The Morgan fingerprint density at radius 3 is 2.80 bits per heavy atom. The van der Waals surface area contributed by atoms with Crippen LogP contribution in [0.25, 0.3) is 0 Å². The summed E-state index contributed by atoms with van der Waals surface area (Å²) in [5.41, 5.74) is 1.12. The lowest BCUT2D eigenvalue weighted by Gasteiger charge is -2.04. The van der Waals surface area contributed by atoms with E-state index in [-0.39, 0.29) is 5.91 Å². The van der Waals surface area contributed by atoms with Gasteiger partial charge < -0.3 is 5.32 Å². The summed E-state index contributed by atoms with van der Waals surface area (Å²) in [4.78, 5) is 11.3. The van der Waals surface area contributed by atoms with Gasteiger partial charge in [0.05, 0.1) is 5.75 Å². The van der Waals surface area contributed by atoms with E-state index < -0.39 is 0 Å². The van der Waals surface area contributed by atoms with Crippen molar-refractivity contribution >= 4 is 17.7 Å². The van der Waals surface area contributed by atoms with Gasteiger partial charge in [-0.1, -0.05) is 36.4 Å². The van der Waals surface area contributed by atoms with Crippen molar-refractivity contribution in [3.8, 4) is 0 Å². The number of carbonyl (C=O) groups excluding carboxylic acids is 1. The van der Waals surface area contributed by atoms with Gasteiger partial charge in [-0.3, -0.25) is 4.79 Å². The highest BCUT2D eigenvalue weighted by atomic mass is 32.2. The third kappa shape index (κ3) is 5.27. The highest BCUT2D eigenvalue weighted by molar-refractivity contribution is 8.00. The Hall–Kier alpha value is -1.22. The van der Waals surface area contributed by atoms with E-state index in [1.54, 1.807) is 17.8 Å². The van der Waals surface area contributed by atoms with Crippen LogP contribution in [0.15, 0.2) is 43.0 Å². The van der Waals surface area contributed by atoms with Crippen LogP contribution in [0.5, 0.6) is 0 Å². The molecule has 0 fully saturated rings. The molecule has 1 aromatic rings. The zero-order chi connectivity index (χ0) is 10.9. The molecule has 0 heterocycles. The first-order valence-electron chi connectivity index (χ1n) is 4.82. The van der Waals surface area contributed by atoms with E-state index in [2.05, 4.69) is 11.9 Å². The van der Waals surface area contributed by atoms with E-state index >= 15 is 0 Å². The number of benzene rings is 1. The summed E-state index contributed by atoms with van der Waals surface area (Å²) in [5, 5.41) is 2.86.